The minimum Gasteiger partial charge on any atom is -0.496 e. The van der Waals surface area contributed by atoms with E-state index < -0.39 is 17.7 Å². The number of ether oxygens (including phenoxy) is 1. The standard InChI is InChI=1S/C12H9F3N2O3/c1-20-9-4-6(2-3-8(9)12(13,14)15)10-7(11(18)19)5-16-17-10/h2-5H,1H3,(H,16,17)(H,18,19). The van der Waals surface area contributed by atoms with Crippen molar-refractivity contribution in [2.75, 3.05) is 7.11 Å². The van der Waals surface area contributed by atoms with Crippen molar-refractivity contribution in [3.05, 3.63) is 35.5 Å². The Morgan fingerprint density at radius 2 is 2.10 bits per heavy atom. The number of aromatic carboxylic acids is 1. The van der Waals surface area contributed by atoms with Gasteiger partial charge in [-0.15, -0.1) is 0 Å². The number of aromatic nitrogens is 2. The van der Waals surface area contributed by atoms with Gasteiger partial charge in [-0.05, 0) is 12.1 Å². The van der Waals surface area contributed by atoms with Crippen molar-refractivity contribution < 1.29 is 27.8 Å². The largest absolute Gasteiger partial charge is 0.496 e. The molecule has 8 heteroatoms. The van der Waals surface area contributed by atoms with Gasteiger partial charge >= 0.3 is 12.1 Å². The molecule has 0 fully saturated rings. The lowest BCUT2D eigenvalue weighted by molar-refractivity contribution is -0.138. The molecule has 0 bridgehead atoms. The molecule has 1 aromatic carbocycles. The number of carboxylic acids is 1. The predicted octanol–water partition coefficient (Wildman–Crippen LogP) is 2.80. The van der Waals surface area contributed by atoms with E-state index in [0.29, 0.717) is 0 Å². The van der Waals surface area contributed by atoms with Crippen molar-refractivity contribution >= 4 is 5.97 Å². The Labute approximate surface area is 111 Å². The maximum atomic E-state index is 12.7. The van der Waals surface area contributed by atoms with Crippen LogP contribution in [0.5, 0.6) is 5.75 Å². The molecule has 1 aromatic heterocycles. The number of hydrogen-bond donors (Lipinski definition) is 2. The monoisotopic (exact) mass is 286 g/mol. The number of methoxy groups -OCH3 is 1. The SMILES string of the molecule is COc1cc(-c2[nH]ncc2C(=O)O)ccc1C(F)(F)F. The number of alkyl halides is 3. The molecule has 2 N–H and O–H groups in total. The van der Waals surface area contributed by atoms with Crippen LogP contribution in [0.15, 0.2) is 24.4 Å². The Morgan fingerprint density at radius 1 is 1.40 bits per heavy atom. The van der Waals surface area contributed by atoms with Crippen LogP contribution in [-0.2, 0) is 6.18 Å². The van der Waals surface area contributed by atoms with Gasteiger partial charge in [0.1, 0.15) is 11.3 Å². The van der Waals surface area contributed by atoms with Crippen LogP contribution < -0.4 is 4.74 Å². The third kappa shape index (κ3) is 2.44. The van der Waals surface area contributed by atoms with Gasteiger partial charge in [0.2, 0.25) is 0 Å². The third-order valence-corrected chi connectivity index (χ3v) is 2.67. The minimum atomic E-state index is -4.55. The molecule has 0 radical (unpaired) electrons. The van der Waals surface area contributed by atoms with Crippen molar-refractivity contribution in [2.45, 2.75) is 6.18 Å². The molecule has 0 aliphatic rings. The molecule has 5 nitrogen and oxygen atoms in total. The number of nitrogens with one attached hydrogen (secondary N) is 1. The normalized spacial score (nSPS) is 11.4. The molecule has 0 spiro atoms. The van der Waals surface area contributed by atoms with E-state index in [1.807, 2.05) is 0 Å². The molecule has 0 saturated carbocycles. The summed E-state index contributed by atoms with van der Waals surface area (Å²) < 4.78 is 42.9. The minimum absolute atomic E-state index is 0.115. The first-order valence-electron chi connectivity index (χ1n) is 5.37. The van der Waals surface area contributed by atoms with Crippen molar-refractivity contribution in [1.82, 2.24) is 10.2 Å². The van der Waals surface area contributed by atoms with Gasteiger partial charge in [-0.1, -0.05) is 6.07 Å². The highest BCUT2D eigenvalue weighted by Gasteiger charge is 2.34. The van der Waals surface area contributed by atoms with Crippen LogP contribution in [0.25, 0.3) is 11.3 Å². The lowest BCUT2D eigenvalue weighted by atomic mass is 10.0. The Hall–Kier alpha value is -2.51. The highest BCUT2D eigenvalue weighted by atomic mass is 19.4. The van der Waals surface area contributed by atoms with E-state index in [2.05, 4.69) is 10.2 Å². The summed E-state index contributed by atoms with van der Waals surface area (Å²) >= 11 is 0. The Balaban J connectivity index is 2.55. The van der Waals surface area contributed by atoms with Gasteiger partial charge in [0.05, 0.1) is 24.6 Å². The number of rotatable bonds is 3. The second kappa shape index (κ2) is 4.87. The molecule has 0 aliphatic heterocycles. The lowest BCUT2D eigenvalue weighted by Gasteiger charge is -2.13. The van der Waals surface area contributed by atoms with Crippen LogP contribution in [0, 0.1) is 0 Å². The highest BCUT2D eigenvalue weighted by molar-refractivity contribution is 5.94. The summed E-state index contributed by atoms with van der Waals surface area (Å²) in [5.74, 6) is -1.62. The fraction of sp³-hybridized carbons (Fsp3) is 0.167. The molecule has 0 saturated heterocycles. The first-order chi connectivity index (χ1) is 9.34. The molecule has 20 heavy (non-hydrogen) atoms. The number of hydrogen-bond acceptors (Lipinski definition) is 3. The number of H-pyrrole nitrogens is 1. The van der Waals surface area contributed by atoms with E-state index in [1.165, 1.54) is 0 Å². The van der Waals surface area contributed by atoms with E-state index in [1.54, 1.807) is 0 Å². The van der Waals surface area contributed by atoms with Crippen LogP contribution in [0.4, 0.5) is 13.2 Å². The first-order valence-corrected chi connectivity index (χ1v) is 5.37. The Morgan fingerprint density at radius 3 is 2.65 bits per heavy atom. The van der Waals surface area contributed by atoms with Crippen molar-refractivity contribution in [3.63, 3.8) is 0 Å². The molecule has 0 amide bonds. The van der Waals surface area contributed by atoms with Crippen LogP contribution in [-0.4, -0.2) is 28.4 Å². The first kappa shape index (κ1) is 13.9. The fourth-order valence-electron chi connectivity index (χ4n) is 1.75. The number of halogens is 3. The van der Waals surface area contributed by atoms with Crippen molar-refractivity contribution in [1.29, 1.82) is 0 Å². The summed E-state index contributed by atoms with van der Waals surface area (Å²) in [5.41, 5.74) is -0.707. The molecule has 0 unspecified atom stereocenters. The number of benzene rings is 1. The summed E-state index contributed by atoms with van der Waals surface area (Å²) in [4.78, 5) is 11.0. The van der Waals surface area contributed by atoms with Crippen LogP contribution in [0.3, 0.4) is 0 Å². The molecule has 0 aliphatic carbocycles. The van der Waals surface area contributed by atoms with Crippen LogP contribution >= 0.6 is 0 Å². The second-order valence-electron chi connectivity index (χ2n) is 3.88. The van der Waals surface area contributed by atoms with E-state index in [-0.39, 0.29) is 22.6 Å². The quantitative estimate of drug-likeness (QED) is 0.909. The summed E-state index contributed by atoms with van der Waals surface area (Å²) in [6.07, 6.45) is -3.46. The van der Waals surface area contributed by atoms with Gasteiger partial charge in [-0.3, -0.25) is 5.10 Å². The summed E-state index contributed by atoms with van der Waals surface area (Å²) in [5, 5.41) is 15.0. The molecular formula is C12H9F3N2O3. The zero-order valence-corrected chi connectivity index (χ0v) is 10.2. The van der Waals surface area contributed by atoms with Gasteiger partial charge in [-0.2, -0.15) is 18.3 Å². The number of aromatic amines is 1. The van der Waals surface area contributed by atoms with Crippen LogP contribution in [0.1, 0.15) is 15.9 Å². The van der Waals surface area contributed by atoms with Crippen molar-refractivity contribution in [2.24, 2.45) is 0 Å². The summed E-state index contributed by atoms with van der Waals surface area (Å²) in [6.45, 7) is 0. The van der Waals surface area contributed by atoms with Gasteiger partial charge in [-0.25, -0.2) is 4.79 Å². The zero-order chi connectivity index (χ0) is 14.9. The average molecular weight is 286 g/mol. The third-order valence-electron chi connectivity index (χ3n) is 2.67. The van der Waals surface area contributed by atoms with E-state index in [9.17, 15) is 18.0 Å². The van der Waals surface area contributed by atoms with E-state index in [4.69, 9.17) is 9.84 Å². The van der Waals surface area contributed by atoms with E-state index >= 15 is 0 Å². The average Bonchev–Trinajstić information content (AvgIpc) is 2.86. The number of nitrogens with zero attached hydrogens (tertiary/aromatic N) is 1. The van der Waals surface area contributed by atoms with Crippen molar-refractivity contribution in [3.8, 4) is 17.0 Å². The number of carbonyl (C=O) groups is 1. The number of carboxylic acid groups (broad SMARTS) is 1. The molecule has 2 aromatic rings. The van der Waals surface area contributed by atoms with E-state index in [0.717, 1.165) is 31.5 Å². The smallest absolute Gasteiger partial charge is 0.419 e. The molecular weight excluding hydrogens is 277 g/mol. The second-order valence-corrected chi connectivity index (χ2v) is 3.88. The zero-order valence-electron chi connectivity index (χ0n) is 10.2. The Bertz CT molecular complexity index is 650. The maximum Gasteiger partial charge on any atom is 0.419 e. The van der Waals surface area contributed by atoms with Crippen LogP contribution in [0.2, 0.25) is 0 Å². The van der Waals surface area contributed by atoms with Gasteiger partial charge in [0.15, 0.2) is 0 Å². The molecule has 0 atom stereocenters. The predicted molar refractivity (Wildman–Crippen MR) is 62.5 cm³/mol. The molecule has 106 valence electrons. The lowest BCUT2D eigenvalue weighted by Crippen LogP contribution is -2.07. The summed E-state index contributed by atoms with van der Waals surface area (Å²) in [6, 6.07) is 3.11. The Kier molecular flexibility index (Phi) is 3.39. The fourth-order valence-corrected chi connectivity index (χ4v) is 1.75. The maximum absolute atomic E-state index is 12.7. The van der Waals surface area contributed by atoms with Gasteiger partial charge in [0.25, 0.3) is 0 Å². The molecule has 1 heterocycles. The topological polar surface area (TPSA) is 75.2 Å². The summed E-state index contributed by atoms with van der Waals surface area (Å²) in [7, 11) is 1.11. The molecule has 2 rings (SSSR count). The highest BCUT2D eigenvalue weighted by Crippen LogP contribution is 2.38. The van der Waals surface area contributed by atoms with Gasteiger partial charge < -0.3 is 9.84 Å². The van der Waals surface area contributed by atoms with Gasteiger partial charge in [0, 0.05) is 5.56 Å².